The van der Waals surface area contributed by atoms with Crippen molar-refractivity contribution >= 4 is 5.91 Å². The number of carbonyl (C=O) groups excluding carboxylic acids is 1. The first-order valence-corrected chi connectivity index (χ1v) is 8.26. The van der Waals surface area contributed by atoms with Crippen molar-refractivity contribution < 1.29 is 4.79 Å². The van der Waals surface area contributed by atoms with E-state index in [1.807, 2.05) is 22.9 Å². The number of rotatable bonds is 5. The smallest absolute Gasteiger partial charge is 0.224 e. The fourth-order valence-electron chi connectivity index (χ4n) is 3.33. The summed E-state index contributed by atoms with van der Waals surface area (Å²) in [6, 6.07) is 3.86. The summed E-state index contributed by atoms with van der Waals surface area (Å²) in [6.07, 6.45) is 9.24. The predicted octanol–water partition coefficient (Wildman–Crippen LogP) is 3.12. The van der Waals surface area contributed by atoms with Gasteiger partial charge in [0, 0.05) is 30.7 Å². The number of nitrogens with one attached hydrogen (secondary N) is 1. The Kier molecular flexibility index (Phi) is 4.26. The van der Waals surface area contributed by atoms with Crippen LogP contribution in [0.4, 0.5) is 0 Å². The third kappa shape index (κ3) is 3.11. The van der Waals surface area contributed by atoms with Gasteiger partial charge in [0.1, 0.15) is 12.1 Å². The molecule has 1 saturated carbocycles. The summed E-state index contributed by atoms with van der Waals surface area (Å²) >= 11 is 0. The second-order valence-corrected chi connectivity index (χ2v) is 7.24. The van der Waals surface area contributed by atoms with E-state index in [-0.39, 0.29) is 17.2 Å². The topological polar surface area (TPSA) is 59.8 Å². The highest BCUT2D eigenvalue weighted by atomic mass is 16.2. The van der Waals surface area contributed by atoms with Crippen molar-refractivity contribution in [1.82, 2.24) is 19.9 Å². The molecule has 1 aliphatic carbocycles. The van der Waals surface area contributed by atoms with Gasteiger partial charge in [-0.2, -0.15) is 0 Å². The minimum Gasteiger partial charge on any atom is -0.352 e. The molecule has 0 aromatic carbocycles. The summed E-state index contributed by atoms with van der Waals surface area (Å²) < 4.78 is 1.86. The molecule has 1 amide bonds. The van der Waals surface area contributed by atoms with E-state index in [0.717, 1.165) is 11.4 Å². The van der Waals surface area contributed by atoms with Crippen LogP contribution in [0.2, 0.25) is 0 Å². The predicted molar refractivity (Wildman–Crippen MR) is 93.4 cm³/mol. The molecule has 1 N–H and O–H groups in total. The van der Waals surface area contributed by atoms with Crippen LogP contribution < -0.4 is 5.32 Å². The molecule has 1 fully saturated rings. The lowest BCUT2D eigenvalue weighted by atomic mass is 10.1. The van der Waals surface area contributed by atoms with Gasteiger partial charge >= 0.3 is 0 Å². The van der Waals surface area contributed by atoms with Gasteiger partial charge in [0.05, 0.1) is 5.92 Å². The van der Waals surface area contributed by atoms with Crippen molar-refractivity contribution in [2.45, 2.75) is 34.2 Å². The molecule has 2 aromatic rings. The van der Waals surface area contributed by atoms with E-state index in [1.54, 1.807) is 18.7 Å². The lowest BCUT2D eigenvalue weighted by Gasteiger charge is -2.10. The van der Waals surface area contributed by atoms with Gasteiger partial charge < -0.3 is 5.32 Å². The van der Waals surface area contributed by atoms with Gasteiger partial charge in [0.15, 0.2) is 0 Å². The van der Waals surface area contributed by atoms with E-state index in [0.29, 0.717) is 12.5 Å². The highest BCUT2D eigenvalue weighted by Crippen LogP contribution is 2.59. The van der Waals surface area contributed by atoms with Crippen LogP contribution in [0.25, 0.3) is 5.82 Å². The van der Waals surface area contributed by atoms with Gasteiger partial charge in [-0.3, -0.25) is 9.36 Å². The first-order valence-electron chi connectivity index (χ1n) is 8.26. The third-order valence-corrected chi connectivity index (χ3v) is 4.78. The molecule has 0 bridgehead atoms. The normalized spacial score (nSPS) is 21.2. The Morgan fingerprint density at radius 3 is 2.83 bits per heavy atom. The van der Waals surface area contributed by atoms with Crippen molar-refractivity contribution in [2.75, 3.05) is 0 Å². The molecule has 5 heteroatoms. The Morgan fingerprint density at radius 1 is 1.38 bits per heavy atom. The van der Waals surface area contributed by atoms with E-state index < -0.39 is 0 Å². The molecule has 2 aromatic heterocycles. The Morgan fingerprint density at radius 2 is 2.17 bits per heavy atom. The summed E-state index contributed by atoms with van der Waals surface area (Å²) in [4.78, 5) is 21.1. The molecule has 3 rings (SSSR count). The van der Waals surface area contributed by atoms with Crippen LogP contribution in [0.15, 0.2) is 48.7 Å². The molecule has 126 valence electrons. The van der Waals surface area contributed by atoms with Gasteiger partial charge in [-0.15, -0.1) is 0 Å². The van der Waals surface area contributed by atoms with Gasteiger partial charge in [0.25, 0.3) is 0 Å². The van der Waals surface area contributed by atoms with Crippen LogP contribution in [-0.2, 0) is 11.3 Å². The van der Waals surface area contributed by atoms with E-state index >= 15 is 0 Å². The van der Waals surface area contributed by atoms with Crippen molar-refractivity contribution in [3.05, 3.63) is 54.3 Å². The lowest BCUT2D eigenvalue weighted by molar-refractivity contribution is -0.123. The van der Waals surface area contributed by atoms with Crippen LogP contribution in [0, 0.1) is 17.3 Å². The Balaban J connectivity index is 1.69. The molecule has 2 unspecified atom stereocenters. The summed E-state index contributed by atoms with van der Waals surface area (Å²) in [5, 5.41) is 3.08. The maximum absolute atomic E-state index is 12.6. The second-order valence-electron chi connectivity index (χ2n) is 7.24. The van der Waals surface area contributed by atoms with Crippen molar-refractivity contribution in [2.24, 2.45) is 17.3 Å². The maximum atomic E-state index is 12.6. The van der Waals surface area contributed by atoms with E-state index in [9.17, 15) is 4.79 Å². The summed E-state index contributed by atoms with van der Waals surface area (Å²) in [5.41, 5.74) is 2.27. The average Bonchev–Trinajstić information content (AvgIpc) is 2.93. The van der Waals surface area contributed by atoms with Crippen molar-refractivity contribution in [3.63, 3.8) is 0 Å². The maximum Gasteiger partial charge on any atom is 0.224 e. The van der Waals surface area contributed by atoms with E-state index in [1.165, 1.54) is 5.57 Å². The number of amides is 1. The zero-order valence-electron chi connectivity index (χ0n) is 14.7. The average molecular weight is 324 g/mol. The number of hydrogen-bond acceptors (Lipinski definition) is 3. The van der Waals surface area contributed by atoms with E-state index in [2.05, 4.69) is 49.1 Å². The van der Waals surface area contributed by atoms with Crippen LogP contribution >= 0.6 is 0 Å². The van der Waals surface area contributed by atoms with Crippen LogP contribution in [0.5, 0.6) is 0 Å². The highest BCUT2D eigenvalue weighted by Gasteiger charge is 2.60. The molecule has 0 radical (unpaired) electrons. The number of imidazole rings is 1. The quantitative estimate of drug-likeness (QED) is 0.860. The highest BCUT2D eigenvalue weighted by molar-refractivity contribution is 5.83. The molecule has 1 aliphatic rings. The molecule has 0 aliphatic heterocycles. The standard InChI is InChI=1S/C19H24N4O/c1-13(2)10-15-16(19(15,3)4)18(24)22-11-14-6-5-7-21-17(14)23-9-8-20-12-23/h5-10,12,15-16H,11H2,1-4H3,(H,22,24). The van der Waals surface area contributed by atoms with Gasteiger partial charge in [-0.25, -0.2) is 9.97 Å². The van der Waals surface area contributed by atoms with Crippen molar-refractivity contribution in [3.8, 4) is 5.82 Å². The zero-order chi connectivity index (χ0) is 17.3. The van der Waals surface area contributed by atoms with Crippen molar-refractivity contribution in [1.29, 1.82) is 0 Å². The van der Waals surface area contributed by atoms with Gasteiger partial charge in [0.2, 0.25) is 5.91 Å². The summed E-state index contributed by atoms with van der Waals surface area (Å²) in [6.45, 7) is 8.94. The molecule has 0 spiro atoms. The van der Waals surface area contributed by atoms with Gasteiger partial charge in [-0.05, 0) is 31.2 Å². The van der Waals surface area contributed by atoms with Crippen LogP contribution in [0.1, 0.15) is 33.3 Å². The zero-order valence-corrected chi connectivity index (χ0v) is 14.7. The Labute approximate surface area is 142 Å². The molecule has 2 atom stereocenters. The van der Waals surface area contributed by atoms with E-state index in [4.69, 9.17) is 0 Å². The SMILES string of the molecule is CC(C)=CC1C(C(=O)NCc2cccnc2-n2ccnc2)C1(C)C. The second kappa shape index (κ2) is 6.23. The number of pyridine rings is 1. The summed E-state index contributed by atoms with van der Waals surface area (Å²) in [5.74, 6) is 1.28. The van der Waals surface area contributed by atoms with Crippen LogP contribution in [-0.4, -0.2) is 20.4 Å². The van der Waals surface area contributed by atoms with Gasteiger partial charge in [-0.1, -0.05) is 31.6 Å². The largest absolute Gasteiger partial charge is 0.352 e. The number of carbonyl (C=O) groups is 1. The molecule has 5 nitrogen and oxygen atoms in total. The minimum atomic E-state index is 0.0312. The summed E-state index contributed by atoms with van der Waals surface area (Å²) in [7, 11) is 0. The molecule has 2 heterocycles. The fourth-order valence-corrected chi connectivity index (χ4v) is 3.33. The Bertz CT molecular complexity index is 757. The molecular weight excluding hydrogens is 300 g/mol. The number of nitrogens with zero attached hydrogens (tertiary/aromatic N) is 3. The Hall–Kier alpha value is -2.43. The monoisotopic (exact) mass is 324 g/mol. The molecule has 0 saturated heterocycles. The lowest BCUT2D eigenvalue weighted by Crippen LogP contribution is -2.27. The molecule has 24 heavy (non-hydrogen) atoms. The first kappa shape index (κ1) is 16.4. The minimum absolute atomic E-state index is 0.0312. The number of allylic oxidation sites excluding steroid dienone is 2. The first-order chi connectivity index (χ1) is 11.4. The third-order valence-electron chi connectivity index (χ3n) is 4.78. The molecular formula is C19H24N4O. The number of hydrogen-bond donors (Lipinski definition) is 1. The number of aromatic nitrogens is 3. The fraction of sp³-hybridized carbons (Fsp3) is 0.421. The van der Waals surface area contributed by atoms with Crippen LogP contribution in [0.3, 0.4) is 0 Å².